The summed E-state index contributed by atoms with van der Waals surface area (Å²) in [7, 11) is 0. The van der Waals surface area contributed by atoms with Crippen molar-refractivity contribution in [2.45, 2.75) is 37.8 Å². The van der Waals surface area contributed by atoms with Crippen LogP contribution in [0.4, 0.5) is 4.79 Å². The van der Waals surface area contributed by atoms with Crippen molar-refractivity contribution < 1.29 is 24.2 Å². The quantitative estimate of drug-likeness (QED) is 0.428. The molecule has 42 heavy (non-hydrogen) atoms. The fourth-order valence-corrected chi connectivity index (χ4v) is 6.91. The smallest absolute Gasteiger partial charge is 0.408 e. The number of carbonyl (C=O) groups is 3. The lowest BCUT2D eigenvalue weighted by Crippen LogP contribution is -2.63. The van der Waals surface area contributed by atoms with Gasteiger partial charge in [0.2, 0.25) is 5.91 Å². The topological polar surface area (TPSA) is 99.2 Å². The van der Waals surface area contributed by atoms with Gasteiger partial charge < -0.3 is 20.1 Å². The van der Waals surface area contributed by atoms with Crippen molar-refractivity contribution in [2.75, 3.05) is 32.8 Å². The van der Waals surface area contributed by atoms with Crippen LogP contribution >= 0.6 is 0 Å². The Morgan fingerprint density at radius 2 is 1.48 bits per heavy atom. The first-order valence-electron chi connectivity index (χ1n) is 14.8. The highest BCUT2D eigenvalue weighted by molar-refractivity contribution is 5.91. The molecule has 2 atom stereocenters. The highest BCUT2D eigenvalue weighted by atomic mass is 16.5. The van der Waals surface area contributed by atoms with Crippen molar-refractivity contribution in [1.82, 2.24) is 15.1 Å². The highest BCUT2D eigenvalue weighted by Gasteiger charge is 2.48. The number of fused-ring (bicyclic) bond motifs is 3. The lowest BCUT2D eigenvalue weighted by atomic mass is 9.85. The molecular weight excluding hydrogens is 530 g/mol. The van der Waals surface area contributed by atoms with Gasteiger partial charge in [0.05, 0.1) is 5.92 Å². The monoisotopic (exact) mass is 567 g/mol. The number of rotatable bonds is 7. The normalized spacial score (nSPS) is 21.4. The van der Waals surface area contributed by atoms with E-state index in [1.807, 2.05) is 49.4 Å². The molecule has 6 rings (SSSR count). The van der Waals surface area contributed by atoms with Gasteiger partial charge in [0, 0.05) is 38.6 Å². The summed E-state index contributed by atoms with van der Waals surface area (Å²) >= 11 is 0. The largest absolute Gasteiger partial charge is 0.481 e. The minimum absolute atomic E-state index is 0.0849. The second kappa shape index (κ2) is 11.6. The predicted octanol–water partition coefficient (Wildman–Crippen LogP) is 4.74. The van der Waals surface area contributed by atoms with Crippen LogP contribution in [0.2, 0.25) is 0 Å². The van der Waals surface area contributed by atoms with Gasteiger partial charge in [-0.15, -0.1) is 0 Å². The Labute approximate surface area is 246 Å². The summed E-state index contributed by atoms with van der Waals surface area (Å²) in [6, 6.07) is 26.5. The molecule has 2 aliphatic heterocycles. The number of carbonyl (C=O) groups excluding carboxylic acids is 2. The second-order valence-electron chi connectivity index (χ2n) is 11.9. The number of likely N-dealkylation sites (tertiary alicyclic amines) is 2. The van der Waals surface area contributed by atoms with Crippen LogP contribution in [-0.2, 0) is 20.9 Å². The molecule has 3 aromatic carbocycles. The third-order valence-electron chi connectivity index (χ3n) is 9.27. The Bertz CT molecular complexity index is 1420. The van der Waals surface area contributed by atoms with Crippen LogP contribution in [0.5, 0.6) is 0 Å². The number of aliphatic carboxylic acids is 1. The molecule has 2 fully saturated rings. The molecule has 2 heterocycles. The summed E-state index contributed by atoms with van der Waals surface area (Å²) in [6.45, 7) is 4.53. The zero-order chi connectivity index (χ0) is 29.3. The van der Waals surface area contributed by atoms with Gasteiger partial charge in [0.15, 0.2) is 0 Å². The van der Waals surface area contributed by atoms with E-state index < -0.39 is 23.5 Å². The minimum Gasteiger partial charge on any atom is -0.481 e. The van der Waals surface area contributed by atoms with E-state index in [1.165, 1.54) is 5.56 Å². The Kier molecular flexibility index (Phi) is 7.73. The number of nitrogens with zero attached hydrogens (tertiary/aromatic N) is 2. The molecule has 0 aromatic heterocycles. The van der Waals surface area contributed by atoms with Crippen LogP contribution in [0, 0.1) is 11.8 Å². The molecule has 0 radical (unpaired) electrons. The van der Waals surface area contributed by atoms with Crippen molar-refractivity contribution in [3.8, 4) is 11.1 Å². The van der Waals surface area contributed by atoms with E-state index in [0.717, 1.165) is 28.8 Å². The van der Waals surface area contributed by atoms with E-state index in [4.69, 9.17) is 4.74 Å². The van der Waals surface area contributed by atoms with Crippen molar-refractivity contribution in [2.24, 2.45) is 11.8 Å². The number of hydrogen-bond acceptors (Lipinski definition) is 5. The molecule has 2 amide bonds. The zero-order valence-corrected chi connectivity index (χ0v) is 23.9. The Morgan fingerprint density at radius 3 is 2.07 bits per heavy atom. The lowest BCUT2D eigenvalue weighted by molar-refractivity contribution is -0.143. The number of amides is 2. The number of alkyl carbamates (subject to hydrolysis) is 1. The van der Waals surface area contributed by atoms with Crippen LogP contribution < -0.4 is 5.32 Å². The molecule has 1 aliphatic carbocycles. The fourth-order valence-electron chi connectivity index (χ4n) is 6.91. The van der Waals surface area contributed by atoms with Crippen LogP contribution in [0.1, 0.15) is 42.4 Å². The highest BCUT2D eigenvalue weighted by Crippen LogP contribution is 2.44. The second-order valence-corrected chi connectivity index (χ2v) is 11.9. The number of piperidine rings is 1. The molecule has 2 N–H and O–H groups in total. The van der Waals surface area contributed by atoms with E-state index in [0.29, 0.717) is 32.5 Å². The zero-order valence-electron chi connectivity index (χ0n) is 23.9. The Hall–Kier alpha value is -4.17. The van der Waals surface area contributed by atoms with Crippen molar-refractivity contribution >= 4 is 18.0 Å². The van der Waals surface area contributed by atoms with Gasteiger partial charge >= 0.3 is 12.1 Å². The molecule has 218 valence electrons. The predicted molar refractivity (Wildman–Crippen MR) is 159 cm³/mol. The number of nitrogens with one attached hydrogen (secondary N) is 1. The van der Waals surface area contributed by atoms with Crippen molar-refractivity contribution in [3.63, 3.8) is 0 Å². The average molecular weight is 568 g/mol. The van der Waals surface area contributed by atoms with Gasteiger partial charge in [0.1, 0.15) is 12.1 Å². The first-order chi connectivity index (χ1) is 20.3. The van der Waals surface area contributed by atoms with Gasteiger partial charge in [-0.2, -0.15) is 0 Å². The van der Waals surface area contributed by atoms with E-state index in [-0.39, 0.29) is 30.9 Å². The summed E-state index contributed by atoms with van der Waals surface area (Å²) in [5, 5.41) is 12.7. The summed E-state index contributed by atoms with van der Waals surface area (Å²) in [6.07, 6.45) is 0.223. The maximum Gasteiger partial charge on any atom is 0.408 e. The molecule has 3 aromatic rings. The molecule has 0 bridgehead atoms. The number of benzene rings is 3. The van der Waals surface area contributed by atoms with E-state index in [2.05, 4.69) is 46.6 Å². The molecule has 0 spiro atoms. The third kappa shape index (κ3) is 5.39. The van der Waals surface area contributed by atoms with Gasteiger partial charge in [-0.1, -0.05) is 85.8 Å². The van der Waals surface area contributed by atoms with Crippen LogP contribution in [0.3, 0.4) is 0 Å². The van der Waals surface area contributed by atoms with E-state index in [9.17, 15) is 19.5 Å². The molecule has 3 aliphatic rings. The van der Waals surface area contributed by atoms with Gasteiger partial charge in [-0.25, -0.2) is 4.79 Å². The number of hydrogen-bond donors (Lipinski definition) is 2. The Morgan fingerprint density at radius 1 is 0.881 bits per heavy atom. The van der Waals surface area contributed by atoms with Crippen molar-refractivity contribution in [3.05, 3.63) is 95.6 Å². The van der Waals surface area contributed by atoms with Crippen molar-refractivity contribution in [1.29, 1.82) is 0 Å². The van der Waals surface area contributed by atoms with Crippen LogP contribution in [0.25, 0.3) is 11.1 Å². The van der Waals surface area contributed by atoms with Gasteiger partial charge in [0.25, 0.3) is 0 Å². The summed E-state index contributed by atoms with van der Waals surface area (Å²) in [4.78, 5) is 43.2. The Balaban J connectivity index is 1.17. The molecule has 0 unspecified atom stereocenters. The molecule has 8 nitrogen and oxygen atoms in total. The van der Waals surface area contributed by atoms with Crippen LogP contribution in [-0.4, -0.2) is 71.2 Å². The number of ether oxygens (including phenoxy) is 1. The molecule has 2 saturated heterocycles. The summed E-state index contributed by atoms with van der Waals surface area (Å²) in [5.41, 5.74) is 4.59. The SMILES string of the molecule is C[C@@H]1CN(C(=O)C2(NC(=O)OCC3c4ccccc4-c4ccccc43)CCN(Cc3ccccc3)CC2)C[C@H]1C(=O)O. The molecule has 8 heteroatoms. The third-order valence-corrected chi connectivity index (χ3v) is 9.27. The molecule has 0 saturated carbocycles. The van der Waals surface area contributed by atoms with Crippen LogP contribution in [0.15, 0.2) is 78.9 Å². The summed E-state index contributed by atoms with van der Waals surface area (Å²) < 4.78 is 5.85. The van der Waals surface area contributed by atoms with E-state index in [1.54, 1.807) is 4.90 Å². The maximum absolute atomic E-state index is 14.1. The first-order valence-corrected chi connectivity index (χ1v) is 14.8. The minimum atomic E-state index is -1.15. The van der Waals surface area contributed by atoms with Gasteiger partial charge in [-0.3, -0.25) is 14.5 Å². The lowest BCUT2D eigenvalue weighted by Gasteiger charge is -2.42. The maximum atomic E-state index is 14.1. The molecular formula is C34H37N3O5. The number of carboxylic acid groups (broad SMARTS) is 1. The average Bonchev–Trinajstić information content (AvgIpc) is 3.55. The first kappa shape index (κ1) is 28.0. The fraction of sp³-hybridized carbons (Fsp3) is 0.382. The number of carboxylic acids is 1. The van der Waals surface area contributed by atoms with E-state index >= 15 is 0 Å². The standard InChI is InChI=1S/C34H37N3O5/c1-23-19-37(21-29(23)31(38)39)32(40)34(15-17-36(18-16-34)20-24-9-3-2-4-10-24)35-33(41)42-22-30-27-13-7-5-11-25(27)26-12-6-8-14-28(26)30/h2-14,23,29-30H,15-22H2,1H3,(H,35,41)(H,38,39)/t23-,29-/m1/s1. The van der Waals surface area contributed by atoms with Gasteiger partial charge in [-0.05, 0) is 46.6 Å². The summed E-state index contributed by atoms with van der Waals surface area (Å²) in [5.74, 6) is -1.96.